The summed E-state index contributed by atoms with van der Waals surface area (Å²) in [5.74, 6) is -0.436. The lowest BCUT2D eigenvalue weighted by molar-refractivity contribution is -0.140. The van der Waals surface area contributed by atoms with E-state index in [0.29, 0.717) is 29.4 Å². The molecular formula is C14H16N6O2. The van der Waals surface area contributed by atoms with Gasteiger partial charge < -0.3 is 20.7 Å². The Hall–Kier alpha value is -2.64. The van der Waals surface area contributed by atoms with E-state index in [2.05, 4.69) is 20.3 Å². The number of carboxylic acids is 1. The van der Waals surface area contributed by atoms with Crippen molar-refractivity contribution in [2.45, 2.75) is 31.3 Å². The first-order chi connectivity index (χ1) is 10.6. The molecule has 2 aliphatic rings. The molecule has 0 saturated heterocycles. The zero-order valence-electron chi connectivity index (χ0n) is 11.8. The first-order valence-corrected chi connectivity index (χ1v) is 7.29. The molecule has 0 aromatic carbocycles. The van der Waals surface area contributed by atoms with Gasteiger partial charge in [-0.1, -0.05) is 12.2 Å². The standard InChI is InChI=1S/C14H16N6O2/c15-14-18-11(17-8-2-3-8)10-12(19-14)20(6-16-10)9-4-1-7(5-9)13(21)22/h1,4,6-9H,2-3,5H2,(H,21,22)(H3,15,17,18,19). The highest BCUT2D eigenvalue weighted by Gasteiger charge is 2.28. The van der Waals surface area contributed by atoms with Crippen LogP contribution in [0, 0.1) is 5.92 Å². The largest absolute Gasteiger partial charge is 0.481 e. The van der Waals surface area contributed by atoms with Crippen molar-refractivity contribution in [3.63, 3.8) is 0 Å². The Morgan fingerprint density at radius 3 is 2.86 bits per heavy atom. The highest BCUT2D eigenvalue weighted by Crippen LogP contribution is 2.33. The van der Waals surface area contributed by atoms with Crippen molar-refractivity contribution >= 4 is 28.9 Å². The number of imidazole rings is 1. The number of aliphatic carboxylic acids is 1. The highest BCUT2D eigenvalue weighted by atomic mass is 16.4. The average Bonchev–Trinajstić information content (AvgIpc) is 3.00. The summed E-state index contributed by atoms with van der Waals surface area (Å²) in [7, 11) is 0. The van der Waals surface area contributed by atoms with E-state index in [1.807, 2.05) is 10.6 Å². The molecule has 2 atom stereocenters. The van der Waals surface area contributed by atoms with Gasteiger partial charge in [0.15, 0.2) is 17.0 Å². The summed E-state index contributed by atoms with van der Waals surface area (Å²) < 4.78 is 1.87. The third-order valence-electron chi connectivity index (χ3n) is 4.09. The van der Waals surface area contributed by atoms with Crippen LogP contribution in [-0.2, 0) is 4.79 Å². The quantitative estimate of drug-likeness (QED) is 0.725. The maximum Gasteiger partial charge on any atom is 0.310 e. The van der Waals surface area contributed by atoms with E-state index in [-0.39, 0.29) is 12.0 Å². The molecule has 2 aromatic heterocycles. The van der Waals surface area contributed by atoms with E-state index >= 15 is 0 Å². The Balaban J connectivity index is 1.72. The van der Waals surface area contributed by atoms with Gasteiger partial charge in [0, 0.05) is 6.04 Å². The van der Waals surface area contributed by atoms with Crippen LogP contribution < -0.4 is 11.1 Å². The van der Waals surface area contributed by atoms with E-state index < -0.39 is 11.9 Å². The first kappa shape index (κ1) is 13.1. The second kappa shape index (κ2) is 4.69. The minimum absolute atomic E-state index is 0.0748. The van der Waals surface area contributed by atoms with Gasteiger partial charge in [-0.15, -0.1) is 0 Å². The number of carbonyl (C=O) groups is 1. The van der Waals surface area contributed by atoms with Crippen LogP contribution in [0.4, 0.5) is 11.8 Å². The fourth-order valence-electron chi connectivity index (χ4n) is 2.77. The van der Waals surface area contributed by atoms with Crippen molar-refractivity contribution < 1.29 is 9.90 Å². The Morgan fingerprint density at radius 1 is 1.36 bits per heavy atom. The molecule has 4 rings (SSSR count). The molecule has 0 amide bonds. The van der Waals surface area contributed by atoms with Gasteiger partial charge in [0.05, 0.1) is 18.3 Å². The lowest BCUT2D eigenvalue weighted by Crippen LogP contribution is -2.13. The van der Waals surface area contributed by atoms with Crippen LogP contribution in [0.3, 0.4) is 0 Å². The lowest BCUT2D eigenvalue weighted by Gasteiger charge is -2.12. The van der Waals surface area contributed by atoms with Crippen LogP contribution in [0.5, 0.6) is 0 Å². The monoisotopic (exact) mass is 300 g/mol. The smallest absolute Gasteiger partial charge is 0.310 e. The zero-order chi connectivity index (χ0) is 15.3. The summed E-state index contributed by atoms with van der Waals surface area (Å²) in [6.45, 7) is 0. The molecule has 1 fully saturated rings. The van der Waals surface area contributed by atoms with Crippen LogP contribution in [0.25, 0.3) is 11.2 Å². The predicted molar refractivity (Wildman–Crippen MR) is 80.3 cm³/mol. The number of nitrogens with two attached hydrogens (primary N) is 1. The second-order valence-corrected chi connectivity index (χ2v) is 5.81. The third-order valence-corrected chi connectivity index (χ3v) is 4.09. The molecule has 0 bridgehead atoms. The topological polar surface area (TPSA) is 119 Å². The van der Waals surface area contributed by atoms with Crippen LogP contribution in [0.2, 0.25) is 0 Å². The molecule has 114 valence electrons. The second-order valence-electron chi connectivity index (χ2n) is 5.81. The van der Waals surface area contributed by atoms with E-state index in [1.54, 1.807) is 12.4 Å². The Kier molecular flexibility index (Phi) is 2.78. The number of fused-ring (bicyclic) bond motifs is 1. The van der Waals surface area contributed by atoms with Crippen molar-refractivity contribution in [2.24, 2.45) is 5.92 Å². The van der Waals surface area contributed by atoms with Gasteiger partial charge in [-0.3, -0.25) is 4.79 Å². The number of carboxylic acid groups (broad SMARTS) is 1. The predicted octanol–water partition coefficient (Wildman–Crippen LogP) is 1.18. The van der Waals surface area contributed by atoms with Crippen LogP contribution in [0.15, 0.2) is 18.5 Å². The van der Waals surface area contributed by atoms with Gasteiger partial charge in [0.2, 0.25) is 5.95 Å². The number of hydrogen-bond donors (Lipinski definition) is 3. The third kappa shape index (κ3) is 2.16. The summed E-state index contributed by atoms with van der Waals surface area (Å²) in [6, 6.07) is 0.361. The molecule has 2 unspecified atom stereocenters. The van der Waals surface area contributed by atoms with Crippen LogP contribution >= 0.6 is 0 Å². The summed E-state index contributed by atoms with van der Waals surface area (Å²) in [6.07, 6.45) is 8.01. The first-order valence-electron chi connectivity index (χ1n) is 7.29. The molecule has 2 heterocycles. The Morgan fingerprint density at radius 2 is 2.18 bits per heavy atom. The minimum atomic E-state index is -0.812. The van der Waals surface area contributed by atoms with E-state index in [9.17, 15) is 4.79 Å². The average molecular weight is 300 g/mol. The van der Waals surface area contributed by atoms with Crippen molar-refractivity contribution in [1.29, 1.82) is 0 Å². The molecule has 2 aromatic rings. The van der Waals surface area contributed by atoms with Gasteiger partial charge in [-0.05, 0) is 19.3 Å². The van der Waals surface area contributed by atoms with Crippen molar-refractivity contribution in [3.8, 4) is 0 Å². The van der Waals surface area contributed by atoms with Gasteiger partial charge in [-0.25, -0.2) is 4.98 Å². The van der Waals surface area contributed by atoms with Gasteiger partial charge >= 0.3 is 5.97 Å². The Bertz CT molecular complexity index is 779. The van der Waals surface area contributed by atoms with E-state index in [0.717, 1.165) is 12.8 Å². The number of anilines is 2. The minimum Gasteiger partial charge on any atom is -0.481 e. The zero-order valence-corrected chi connectivity index (χ0v) is 11.8. The molecule has 1 saturated carbocycles. The maximum atomic E-state index is 11.1. The number of nitrogens with zero attached hydrogens (tertiary/aromatic N) is 4. The van der Waals surface area contributed by atoms with Gasteiger partial charge in [-0.2, -0.15) is 9.97 Å². The molecular weight excluding hydrogens is 284 g/mol. The van der Waals surface area contributed by atoms with E-state index in [1.165, 1.54) is 0 Å². The Labute approximate surface area is 126 Å². The number of hydrogen-bond acceptors (Lipinski definition) is 6. The maximum absolute atomic E-state index is 11.1. The number of nitrogen functional groups attached to an aromatic ring is 1. The van der Waals surface area contributed by atoms with E-state index in [4.69, 9.17) is 10.8 Å². The van der Waals surface area contributed by atoms with Gasteiger partial charge in [0.25, 0.3) is 0 Å². The van der Waals surface area contributed by atoms with Crippen LogP contribution in [0.1, 0.15) is 25.3 Å². The molecule has 4 N–H and O–H groups in total. The molecule has 8 nitrogen and oxygen atoms in total. The normalized spacial score (nSPS) is 24.0. The van der Waals surface area contributed by atoms with Crippen molar-refractivity contribution in [3.05, 3.63) is 18.5 Å². The van der Waals surface area contributed by atoms with Gasteiger partial charge in [0.1, 0.15) is 0 Å². The molecule has 0 radical (unpaired) electrons. The molecule has 22 heavy (non-hydrogen) atoms. The summed E-state index contributed by atoms with van der Waals surface area (Å²) in [5.41, 5.74) is 7.12. The summed E-state index contributed by atoms with van der Waals surface area (Å²) >= 11 is 0. The molecule has 2 aliphatic carbocycles. The highest BCUT2D eigenvalue weighted by molar-refractivity contribution is 5.84. The van der Waals surface area contributed by atoms with Crippen molar-refractivity contribution in [2.75, 3.05) is 11.1 Å². The van der Waals surface area contributed by atoms with Crippen LogP contribution in [-0.4, -0.2) is 36.6 Å². The fraction of sp³-hybridized carbons (Fsp3) is 0.429. The fourth-order valence-corrected chi connectivity index (χ4v) is 2.77. The number of aromatic nitrogens is 4. The number of allylic oxidation sites excluding steroid dienone is 1. The SMILES string of the molecule is Nc1nc(NC2CC2)c2ncn(C3C=CC(C(=O)O)C3)c2n1. The number of nitrogens with one attached hydrogen (secondary N) is 1. The number of rotatable bonds is 4. The molecule has 8 heteroatoms. The lowest BCUT2D eigenvalue weighted by atomic mass is 10.1. The summed E-state index contributed by atoms with van der Waals surface area (Å²) in [4.78, 5) is 24.0. The van der Waals surface area contributed by atoms with Crippen molar-refractivity contribution in [1.82, 2.24) is 19.5 Å². The summed E-state index contributed by atoms with van der Waals surface area (Å²) in [5, 5.41) is 12.4. The molecule has 0 aliphatic heterocycles. The molecule has 0 spiro atoms.